The summed E-state index contributed by atoms with van der Waals surface area (Å²) in [5, 5.41) is 3.65. The Bertz CT molecular complexity index is 561. The maximum absolute atomic E-state index is 5.89. The lowest BCUT2D eigenvalue weighted by molar-refractivity contribution is 0.321. The van der Waals surface area contributed by atoms with Crippen LogP contribution in [-0.4, -0.2) is 12.6 Å². The van der Waals surface area contributed by atoms with Crippen LogP contribution >= 0.6 is 0 Å². The molecule has 0 radical (unpaired) electrons. The zero-order valence-electron chi connectivity index (χ0n) is 13.1. The van der Waals surface area contributed by atoms with E-state index in [0.717, 1.165) is 25.3 Å². The van der Waals surface area contributed by atoms with Crippen molar-refractivity contribution in [1.82, 2.24) is 5.32 Å². The van der Waals surface area contributed by atoms with Gasteiger partial charge < -0.3 is 10.1 Å². The zero-order valence-corrected chi connectivity index (χ0v) is 13.1. The van der Waals surface area contributed by atoms with Crippen molar-refractivity contribution in [1.29, 1.82) is 0 Å². The van der Waals surface area contributed by atoms with Crippen molar-refractivity contribution in [2.75, 3.05) is 6.61 Å². The van der Waals surface area contributed by atoms with Gasteiger partial charge in [-0.1, -0.05) is 55.3 Å². The molecule has 1 aliphatic rings. The number of benzene rings is 2. The molecule has 2 heteroatoms. The van der Waals surface area contributed by atoms with Gasteiger partial charge in [-0.15, -0.1) is 0 Å². The summed E-state index contributed by atoms with van der Waals surface area (Å²) in [6, 6.07) is 19.7. The Labute approximate surface area is 133 Å². The summed E-state index contributed by atoms with van der Waals surface area (Å²) in [4.78, 5) is 0. The number of ether oxygens (including phenoxy) is 1. The molecule has 0 saturated heterocycles. The molecule has 0 heterocycles. The van der Waals surface area contributed by atoms with Gasteiger partial charge in [-0.3, -0.25) is 0 Å². The van der Waals surface area contributed by atoms with Gasteiger partial charge in [0.25, 0.3) is 0 Å². The molecule has 22 heavy (non-hydrogen) atoms. The van der Waals surface area contributed by atoms with E-state index in [9.17, 15) is 0 Å². The first-order valence-corrected chi connectivity index (χ1v) is 8.39. The van der Waals surface area contributed by atoms with E-state index in [1.807, 2.05) is 12.1 Å². The van der Waals surface area contributed by atoms with Crippen LogP contribution in [0.2, 0.25) is 0 Å². The van der Waals surface area contributed by atoms with Gasteiger partial charge in [-0.05, 0) is 36.1 Å². The summed E-state index contributed by atoms with van der Waals surface area (Å²) in [7, 11) is 0. The van der Waals surface area contributed by atoms with Crippen LogP contribution in [0.15, 0.2) is 54.6 Å². The fourth-order valence-electron chi connectivity index (χ4n) is 3.07. The molecule has 0 bridgehead atoms. The molecule has 1 saturated carbocycles. The third-order valence-electron chi connectivity index (χ3n) is 4.35. The summed E-state index contributed by atoms with van der Waals surface area (Å²) in [5.41, 5.74) is 2.63. The van der Waals surface area contributed by atoms with Crippen molar-refractivity contribution in [2.45, 2.75) is 44.7 Å². The Morgan fingerprint density at radius 3 is 2.50 bits per heavy atom. The zero-order chi connectivity index (χ0) is 15.0. The number of rotatable bonds is 7. The maximum atomic E-state index is 5.89. The molecule has 0 atom stereocenters. The quantitative estimate of drug-likeness (QED) is 0.820. The van der Waals surface area contributed by atoms with E-state index in [0.29, 0.717) is 6.04 Å². The van der Waals surface area contributed by atoms with Gasteiger partial charge in [0.2, 0.25) is 0 Å². The van der Waals surface area contributed by atoms with Gasteiger partial charge in [0.15, 0.2) is 0 Å². The smallest absolute Gasteiger partial charge is 0.119 e. The van der Waals surface area contributed by atoms with Crippen molar-refractivity contribution in [3.05, 3.63) is 65.7 Å². The van der Waals surface area contributed by atoms with Crippen LogP contribution in [0.25, 0.3) is 0 Å². The van der Waals surface area contributed by atoms with Gasteiger partial charge in [0.1, 0.15) is 5.75 Å². The Hall–Kier alpha value is -1.80. The molecule has 2 aromatic rings. The maximum Gasteiger partial charge on any atom is 0.119 e. The molecule has 2 aromatic carbocycles. The van der Waals surface area contributed by atoms with Crippen LogP contribution in [0.4, 0.5) is 0 Å². The van der Waals surface area contributed by atoms with Crippen molar-refractivity contribution in [3.63, 3.8) is 0 Å². The lowest BCUT2D eigenvalue weighted by atomic mass is 10.1. The van der Waals surface area contributed by atoms with E-state index in [-0.39, 0.29) is 0 Å². The predicted octanol–water partition coefficient (Wildman–Crippen LogP) is 4.34. The molecule has 1 N–H and O–H groups in total. The standard InChI is InChI=1S/C20H25NO/c1-2-7-17(8-3-1)13-14-22-20-12-6-9-18(15-20)16-21-19-10-4-5-11-19/h1-3,6-9,12,15,19,21H,4-5,10-11,13-14,16H2. The minimum Gasteiger partial charge on any atom is -0.493 e. The molecule has 0 unspecified atom stereocenters. The van der Waals surface area contributed by atoms with Gasteiger partial charge in [-0.25, -0.2) is 0 Å². The predicted molar refractivity (Wildman–Crippen MR) is 91.2 cm³/mol. The van der Waals surface area contributed by atoms with E-state index >= 15 is 0 Å². The van der Waals surface area contributed by atoms with Crippen LogP contribution in [0.1, 0.15) is 36.8 Å². The van der Waals surface area contributed by atoms with Crippen molar-refractivity contribution in [3.8, 4) is 5.75 Å². The summed E-state index contributed by atoms with van der Waals surface area (Å²) in [5.74, 6) is 0.974. The summed E-state index contributed by atoms with van der Waals surface area (Å²) < 4.78 is 5.89. The van der Waals surface area contributed by atoms with Gasteiger partial charge in [-0.2, -0.15) is 0 Å². The molecular formula is C20H25NO. The Morgan fingerprint density at radius 2 is 1.68 bits per heavy atom. The van der Waals surface area contributed by atoms with Crippen LogP contribution in [0.3, 0.4) is 0 Å². The van der Waals surface area contributed by atoms with E-state index in [1.165, 1.54) is 36.8 Å². The molecule has 0 amide bonds. The highest BCUT2D eigenvalue weighted by Crippen LogP contribution is 2.19. The summed E-state index contributed by atoms with van der Waals surface area (Å²) in [6.07, 6.45) is 6.35. The minimum atomic E-state index is 0.711. The number of nitrogens with one attached hydrogen (secondary N) is 1. The second kappa shape index (κ2) is 8.00. The highest BCUT2D eigenvalue weighted by atomic mass is 16.5. The molecule has 116 valence electrons. The average molecular weight is 295 g/mol. The minimum absolute atomic E-state index is 0.711. The van der Waals surface area contributed by atoms with Gasteiger partial charge in [0.05, 0.1) is 6.61 Å². The van der Waals surface area contributed by atoms with E-state index < -0.39 is 0 Å². The van der Waals surface area contributed by atoms with Crippen molar-refractivity contribution in [2.24, 2.45) is 0 Å². The first-order chi connectivity index (χ1) is 10.9. The molecular weight excluding hydrogens is 270 g/mol. The molecule has 1 fully saturated rings. The monoisotopic (exact) mass is 295 g/mol. The highest BCUT2D eigenvalue weighted by Gasteiger charge is 2.13. The highest BCUT2D eigenvalue weighted by molar-refractivity contribution is 5.28. The molecule has 0 spiro atoms. The van der Waals surface area contributed by atoms with Crippen LogP contribution in [0.5, 0.6) is 5.75 Å². The topological polar surface area (TPSA) is 21.3 Å². The van der Waals surface area contributed by atoms with Crippen LogP contribution in [-0.2, 0) is 13.0 Å². The van der Waals surface area contributed by atoms with E-state index in [1.54, 1.807) is 0 Å². The second-order valence-corrected chi connectivity index (χ2v) is 6.09. The second-order valence-electron chi connectivity index (χ2n) is 6.09. The molecule has 0 aliphatic heterocycles. The SMILES string of the molecule is c1ccc(CCOc2cccc(CNC3CCCC3)c2)cc1. The normalized spacial score (nSPS) is 15.1. The first-order valence-electron chi connectivity index (χ1n) is 8.39. The fraction of sp³-hybridized carbons (Fsp3) is 0.400. The molecule has 1 aliphatic carbocycles. The van der Waals surface area contributed by atoms with Crippen molar-refractivity contribution < 1.29 is 4.74 Å². The Morgan fingerprint density at radius 1 is 0.909 bits per heavy atom. The fourth-order valence-corrected chi connectivity index (χ4v) is 3.07. The van der Waals surface area contributed by atoms with Crippen LogP contribution < -0.4 is 10.1 Å². The number of hydrogen-bond donors (Lipinski definition) is 1. The molecule has 3 rings (SSSR count). The number of hydrogen-bond acceptors (Lipinski definition) is 2. The first kappa shape index (κ1) is 15.1. The Kier molecular flexibility index (Phi) is 5.49. The molecule has 2 nitrogen and oxygen atoms in total. The lowest BCUT2D eigenvalue weighted by Gasteiger charge is -2.13. The molecule has 0 aromatic heterocycles. The lowest BCUT2D eigenvalue weighted by Crippen LogP contribution is -2.25. The average Bonchev–Trinajstić information content (AvgIpc) is 3.08. The van der Waals surface area contributed by atoms with Crippen molar-refractivity contribution >= 4 is 0 Å². The third-order valence-corrected chi connectivity index (χ3v) is 4.35. The van der Waals surface area contributed by atoms with E-state index in [4.69, 9.17) is 4.74 Å². The van der Waals surface area contributed by atoms with Crippen LogP contribution in [0, 0.1) is 0 Å². The van der Waals surface area contributed by atoms with E-state index in [2.05, 4.69) is 47.8 Å². The third kappa shape index (κ3) is 4.60. The van der Waals surface area contributed by atoms with Gasteiger partial charge >= 0.3 is 0 Å². The van der Waals surface area contributed by atoms with Gasteiger partial charge in [0, 0.05) is 19.0 Å². The summed E-state index contributed by atoms with van der Waals surface area (Å²) >= 11 is 0. The Balaban J connectivity index is 1.46. The largest absolute Gasteiger partial charge is 0.493 e. The summed E-state index contributed by atoms with van der Waals surface area (Å²) in [6.45, 7) is 1.67.